The summed E-state index contributed by atoms with van der Waals surface area (Å²) in [4.78, 5) is 4.24. The van der Waals surface area contributed by atoms with Crippen molar-refractivity contribution in [3.63, 3.8) is 0 Å². The molecular formula is C11H11NO. The predicted molar refractivity (Wildman–Crippen MR) is 53.3 cm³/mol. The second-order valence-electron chi connectivity index (χ2n) is 2.91. The molecule has 0 N–H and O–H groups in total. The number of benzene rings is 1. The predicted octanol–water partition coefficient (Wildman–Crippen LogP) is 2.40. The van der Waals surface area contributed by atoms with Crippen LogP contribution in [-0.4, -0.2) is 12.4 Å². The molecule has 0 amide bonds. The van der Waals surface area contributed by atoms with Gasteiger partial charge in [-0.25, -0.2) is 4.99 Å². The summed E-state index contributed by atoms with van der Waals surface area (Å²) in [5, 5.41) is 0. The molecule has 0 aromatic heterocycles. The van der Waals surface area contributed by atoms with Crippen LogP contribution in [0.15, 0.2) is 41.9 Å². The Labute approximate surface area is 77.6 Å². The van der Waals surface area contributed by atoms with Crippen molar-refractivity contribution in [3.05, 3.63) is 42.5 Å². The average molecular weight is 173 g/mol. The van der Waals surface area contributed by atoms with E-state index in [2.05, 4.69) is 11.6 Å². The van der Waals surface area contributed by atoms with E-state index in [4.69, 9.17) is 4.74 Å². The van der Waals surface area contributed by atoms with Crippen LogP contribution < -0.4 is 4.74 Å². The molecule has 0 spiro atoms. The second-order valence-corrected chi connectivity index (χ2v) is 2.91. The molecular weight excluding hydrogens is 162 g/mol. The van der Waals surface area contributed by atoms with Crippen LogP contribution in [0.25, 0.3) is 0 Å². The summed E-state index contributed by atoms with van der Waals surface area (Å²) < 4.78 is 5.60. The van der Waals surface area contributed by atoms with Gasteiger partial charge < -0.3 is 4.74 Å². The minimum atomic E-state index is -0.0904. The number of fused-ring (bicyclic) bond motifs is 1. The van der Waals surface area contributed by atoms with Crippen LogP contribution in [0.5, 0.6) is 5.75 Å². The molecule has 2 heteroatoms. The molecule has 1 aliphatic rings. The van der Waals surface area contributed by atoms with Crippen molar-refractivity contribution in [1.82, 2.24) is 0 Å². The highest BCUT2D eigenvalue weighted by atomic mass is 16.5. The Bertz CT molecular complexity index is 344. The summed E-state index contributed by atoms with van der Waals surface area (Å²) in [6, 6.07) is 7.88. The van der Waals surface area contributed by atoms with Crippen molar-refractivity contribution in [2.45, 2.75) is 12.6 Å². The molecule has 1 heterocycles. The first kappa shape index (κ1) is 8.05. The smallest absolute Gasteiger partial charge is 0.193 e. The monoisotopic (exact) mass is 173 g/mol. The van der Waals surface area contributed by atoms with E-state index in [0.29, 0.717) is 0 Å². The molecule has 0 saturated carbocycles. The Kier molecular flexibility index (Phi) is 2.13. The van der Waals surface area contributed by atoms with Crippen molar-refractivity contribution >= 4 is 6.21 Å². The summed E-state index contributed by atoms with van der Waals surface area (Å²) in [5.74, 6) is 0.907. The molecule has 1 atom stereocenters. The maximum Gasteiger partial charge on any atom is 0.193 e. The van der Waals surface area contributed by atoms with Gasteiger partial charge in [-0.3, -0.25) is 0 Å². The summed E-state index contributed by atoms with van der Waals surface area (Å²) >= 11 is 0. The number of rotatable bonds is 2. The summed E-state index contributed by atoms with van der Waals surface area (Å²) in [6.45, 7) is 3.66. The highest BCUT2D eigenvalue weighted by molar-refractivity contribution is 5.84. The fraction of sp³-hybridized carbons (Fsp3) is 0.182. The topological polar surface area (TPSA) is 21.6 Å². The molecule has 1 aromatic rings. The highest BCUT2D eigenvalue weighted by Gasteiger charge is 2.12. The third-order valence-electron chi connectivity index (χ3n) is 1.93. The van der Waals surface area contributed by atoms with Gasteiger partial charge in [-0.2, -0.15) is 0 Å². The summed E-state index contributed by atoms with van der Waals surface area (Å²) in [7, 11) is 0. The molecule has 1 unspecified atom stereocenters. The zero-order valence-corrected chi connectivity index (χ0v) is 7.31. The van der Waals surface area contributed by atoms with Crippen molar-refractivity contribution < 1.29 is 4.74 Å². The lowest BCUT2D eigenvalue weighted by Gasteiger charge is -2.19. The third kappa shape index (κ3) is 1.61. The van der Waals surface area contributed by atoms with Gasteiger partial charge in [-0.15, -0.1) is 6.58 Å². The molecule has 1 aliphatic heterocycles. The molecule has 0 aliphatic carbocycles. The first-order valence-electron chi connectivity index (χ1n) is 4.30. The zero-order chi connectivity index (χ0) is 9.10. The van der Waals surface area contributed by atoms with E-state index in [1.807, 2.05) is 36.6 Å². The van der Waals surface area contributed by atoms with E-state index in [0.717, 1.165) is 17.7 Å². The minimum absolute atomic E-state index is 0.0904. The molecule has 0 bridgehead atoms. The van der Waals surface area contributed by atoms with E-state index in [9.17, 15) is 0 Å². The first-order valence-corrected chi connectivity index (χ1v) is 4.30. The fourth-order valence-corrected chi connectivity index (χ4v) is 1.29. The Balaban J connectivity index is 2.23. The van der Waals surface area contributed by atoms with Crippen molar-refractivity contribution in [1.29, 1.82) is 0 Å². The van der Waals surface area contributed by atoms with E-state index in [-0.39, 0.29) is 6.23 Å². The molecule has 2 rings (SSSR count). The van der Waals surface area contributed by atoms with Crippen molar-refractivity contribution in [2.75, 3.05) is 0 Å². The number of aliphatic imine (C=N–C) groups is 1. The van der Waals surface area contributed by atoms with Crippen LogP contribution in [0.2, 0.25) is 0 Å². The normalized spacial score (nSPS) is 18.9. The van der Waals surface area contributed by atoms with Gasteiger partial charge in [0.25, 0.3) is 0 Å². The molecule has 1 aromatic carbocycles. The third-order valence-corrected chi connectivity index (χ3v) is 1.93. The maximum atomic E-state index is 5.60. The van der Waals surface area contributed by atoms with Crippen LogP contribution in [0.3, 0.4) is 0 Å². The first-order chi connectivity index (χ1) is 6.40. The standard InChI is InChI=1S/C11H11NO/c1-2-5-11-12-8-9-6-3-4-7-10(9)13-11/h2-4,6-8,11H,1,5H2. The highest BCUT2D eigenvalue weighted by Crippen LogP contribution is 2.22. The SMILES string of the molecule is C=CCC1N=Cc2ccccc2O1. The van der Waals surface area contributed by atoms with E-state index in [1.165, 1.54) is 0 Å². The van der Waals surface area contributed by atoms with Gasteiger partial charge in [0.1, 0.15) is 5.75 Å². The molecule has 66 valence electrons. The van der Waals surface area contributed by atoms with Gasteiger partial charge in [0, 0.05) is 18.2 Å². The van der Waals surface area contributed by atoms with Crippen LogP contribution in [0.4, 0.5) is 0 Å². The molecule has 13 heavy (non-hydrogen) atoms. The quantitative estimate of drug-likeness (QED) is 0.629. The summed E-state index contributed by atoms with van der Waals surface area (Å²) in [6.07, 6.45) is 4.33. The van der Waals surface area contributed by atoms with Crippen LogP contribution >= 0.6 is 0 Å². The molecule has 0 fully saturated rings. The van der Waals surface area contributed by atoms with Gasteiger partial charge >= 0.3 is 0 Å². The number of para-hydroxylation sites is 1. The van der Waals surface area contributed by atoms with E-state index < -0.39 is 0 Å². The number of ether oxygens (including phenoxy) is 1. The van der Waals surface area contributed by atoms with Crippen LogP contribution in [0.1, 0.15) is 12.0 Å². The van der Waals surface area contributed by atoms with Gasteiger partial charge in [0.15, 0.2) is 6.23 Å². The lowest BCUT2D eigenvalue weighted by Crippen LogP contribution is -2.17. The van der Waals surface area contributed by atoms with Crippen LogP contribution in [-0.2, 0) is 0 Å². The fourth-order valence-electron chi connectivity index (χ4n) is 1.29. The van der Waals surface area contributed by atoms with E-state index in [1.54, 1.807) is 0 Å². The van der Waals surface area contributed by atoms with Gasteiger partial charge in [0.05, 0.1) is 0 Å². The molecule has 0 radical (unpaired) electrons. The zero-order valence-electron chi connectivity index (χ0n) is 7.31. The second kappa shape index (κ2) is 3.44. The van der Waals surface area contributed by atoms with Crippen molar-refractivity contribution in [3.8, 4) is 5.75 Å². The Morgan fingerprint density at radius 1 is 1.46 bits per heavy atom. The minimum Gasteiger partial charge on any atom is -0.468 e. The van der Waals surface area contributed by atoms with Gasteiger partial charge in [-0.1, -0.05) is 18.2 Å². The number of hydrogen-bond donors (Lipinski definition) is 0. The molecule has 0 saturated heterocycles. The number of hydrogen-bond acceptors (Lipinski definition) is 2. The van der Waals surface area contributed by atoms with E-state index >= 15 is 0 Å². The van der Waals surface area contributed by atoms with Crippen molar-refractivity contribution in [2.24, 2.45) is 4.99 Å². The average Bonchev–Trinajstić information content (AvgIpc) is 2.18. The Morgan fingerprint density at radius 2 is 2.31 bits per heavy atom. The summed E-state index contributed by atoms with van der Waals surface area (Å²) in [5.41, 5.74) is 1.04. The lowest BCUT2D eigenvalue weighted by atomic mass is 10.2. The van der Waals surface area contributed by atoms with Gasteiger partial charge in [0.2, 0.25) is 0 Å². The van der Waals surface area contributed by atoms with Gasteiger partial charge in [-0.05, 0) is 12.1 Å². The maximum absolute atomic E-state index is 5.60. The Hall–Kier alpha value is -1.57. The Morgan fingerprint density at radius 3 is 3.15 bits per heavy atom. The molecule has 2 nitrogen and oxygen atoms in total. The van der Waals surface area contributed by atoms with Crippen LogP contribution in [0, 0.1) is 0 Å². The lowest BCUT2D eigenvalue weighted by molar-refractivity contribution is 0.211. The largest absolute Gasteiger partial charge is 0.468 e. The number of nitrogens with zero attached hydrogens (tertiary/aromatic N) is 1.